The van der Waals surface area contributed by atoms with Crippen LogP contribution in [0.15, 0.2) is 36.4 Å². The summed E-state index contributed by atoms with van der Waals surface area (Å²) in [6, 6.07) is 11.6. The molecule has 0 saturated carbocycles. The molecular formula is C29H37FN2O2. The smallest absolute Gasteiger partial charge is 0.407 e. The molecule has 3 aliphatic heterocycles. The van der Waals surface area contributed by atoms with Crippen LogP contribution in [0.3, 0.4) is 0 Å². The van der Waals surface area contributed by atoms with Crippen molar-refractivity contribution in [3.8, 4) is 11.1 Å². The predicted octanol–water partition coefficient (Wildman–Crippen LogP) is 6.28. The summed E-state index contributed by atoms with van der Waals surface area (Å²) in [5.41, 5.74) is 4.62. The van der Waals surface area contributed by atoms with E-state index in [1.165, 1.54) is 5.56 Å². The van der Waals surface area contributed by atoms with Crippen molar-refractivity contribution in [1.29, 1.82) is 0 Å². The van der Waals surface area contributed by atoms with Gasteiger partial charge in [0.25, 0.3) is 0 Å². The molecular weight excluding hydrogens is 427 g/mol. The Kier molecular flexibility index (Phi) is 6.41. The first kappa shape index (κ1) is 23.3. The van der Waals surface area contributed by atoms with Crippen LogP contribution in [0, 0.1) is 17.2 Å². The van der Waals surface area contributed by atoms with E-state index in [2.05, 4.69) is 43.1 Å². The Labute approximate surface area is 202 Å². The number of amides is 1. The van der Waals surface area contributed by atoms with Gasteiger partial charge in [-0.1, -0.05) is 51.5 Å². The molecule has 2 atom stereocenters. The Morgan fingerprint density at radius 2 is 1.91 bits per heavy atom. The van der Waals surface area contributed by atoms with Crippen molar-refractivity contribution in [2.45, 2.75) is 71.4 Å². The second-order valence-corrected chi connectivity index (χ2v) is 11.1. The lowest BCUT2D eigenvalue weighted by atomic mass is 9.70. The summed E-state index contributed by atoms with van der Waals surface area (Å²) in [7, 11) is 0. The summed E-state index contributed by atoms with van der Waals surface area (Å²) >= 11 is 0. The second kappa shape index (κ2) is 9.33. The number of carbonyl (C=O) groups excluding carboxylic acids is 1. The molecule has 182 valence electrons. The van der Waals surface area contributed by atoms with Crippen LogP contribution >= 0.6 is 0 Å². The van der Waals surface area contributed by atoms with Crippen LogP contribution in [-0.4, -0.2) is 36.7 Å². The minimum Gasteiger partial charge on any atom is -0.445 e. The number of nitrogens with zero attached hydrogens (tertiary/aromatic N) is 1. The molecule has 34 heavy (non-hydrogen) atoms. The van der Waals surface area contributed by atoms with Gasteiger partial charge in [0.2, 0.25) is 0 Å². The van der Waals surface area contributed by atoms with Crippen molar-refractivity contribution in [1.82, 2.24) is 10.2 Å². The molecule has 2 bridgehead atoms. The summed E-state index contributed by atoms with van der Waals surface area (Å²) in [5.74, 6) is 0.225. The standard InChI is InChI=1S/C29H37FN2O2/c1-4-5-19-6-8-20(9-7-19)23-16-22-10-13-29(2,3)27(24(22)17-25(23)30)31-28(33)34-26-18-32-14-11-21(26)12-15-32/h6-9,16-17,21,26-27H,4-5,10-15,18H2,1-3H3,(H,31,33)/t26-,27+/m1/s1. The zero-order valence-electron chi connectivity index (χ0n) is 20.7. The highest BCUT2D eigenvalue weighted by molar-refractivity contribution is 5.70. The summed E-state index contributed by atoms with van der Waals surface area (Å²) in [5, 5.41) is 3.13. The number of hydrogen-bond donors (Lipinski definition) is 1. The van der Waals surface area contributed by atoms with Gasteiger partial charge in [0.15, 0.2) is 0 Å². The van der Waals surface area contributed by atoms with Crippen LogP contribution in [0.5, 0.6) is 0 Å². The lowest BCUT2D eigenvalue weighted by molar-refractivity contribution is -0.0353. The topological polar surface area (TPSA) is 41.6 Å². The predicted molar refractivity (Wildman–Crippen MR) is 133 cm³/mol. The molecule has 1 amide bonds. The van der Waals surface area contributed by atoms with Gasteiger partial charge >= 0.3 is 6.09 Å². The number of rotatable bonds is 5. The first-order valence-electron chi connectivity index (χ1n) is 12.9. The van der Waals surface area contributed by atoms with Crippen molar-refractivity contribution in [2.24, 2.45) is 11.3 Å². The second-order valence-electron chi connectivity index (χ2n) is 11.1. The molecule has 6 rings (SSSR count). The van der Waals surface area contributed by atoms with Crippen molar-refractivity contribution in [3.63, 3.8) is 0 Å². The van der Waals surface area contributed by atoms with Gasteiger partial charge in [0.1, 0.15) is 11.9 Å². The molecule has 4 aliphatic rings. The molecule has 3 fully saturated rings. The maximum Gasteiger partial charge on any atom is 0.407 e. The van der Waals surface area contributed by atoms with E-state index in [1.54, 1.807) is 6.07 Å². The molecule has 3 saturated heterocycles. The molecule has 1 N–H and O–H groups in total. The third-order valence-corrected chi connectivity index (χ3v) is 8.28. The van der Waals surface area contributed by atoms with Gasteiger partial charge in [0, 0.05) is 12.1 Å². The summed E-state index contributed by atoms with van der Waals surface area (Å²) < 4.78 is 21.3. The Morgan fingerprint density at radius 3 is 2.56 bits per heavy atom. The first-order valence-corrected chi connectivity index (χ1v) is 12.9. The van der Waals surface area contributed by atoms with Crippen LogP contribution in [-0.2, 0) is 17.6 Å². The largest absolute Gasteiger partial charge is 0.445 e. The number of ether oxygens (including phenoxy) is 1. The van der Waals surface area contributed by atoms with Gasteiger partial charge in [-0.05, 0) is 90.9 Å². The minimum atomic E-state index is -0.374. The Bertz CT molecular complexity index is 1040. The van der Waals surface area contributed by atoms with Crippen LogP contribution in [0.2, 0.25) is 0 Å². The Balaban J connectivity index is 1.36. The summed E-state index contributed by atoms with van der Waals surface area (Å²) in [6.45, 7) is 9.50. The molecule has 4 nitrogen and oxygen atoms in total. The quantitative estimate of drug-likeness (QED) is 0.566. The van der Waals surface area contributed by atoms with Crippen LogP contribution in [0.1, 0.15) is 69.2 Å². The van der Waals surface area contributed by atoms with Crippen molar-refractivity contribution in [2.75, 3.05) is 19.6 Å². The van der Waals surface area contributed by atoms with Gasteiger partial charge in [-0.3, -0.25) is 4.90 Å². The summed E-state index contributed by atoms with van der Waals surface area (Å²) in [6.07, 6.45) is 5.71. The average Bonchev–Trinajstić information content (AvgIpc) is 2.82. The minimum absolute atomic E-state index is 0.0385. The lowest BCUT2D eigenvalue weighted by Crippen LogP contribution is -2.53. The van der Waals surface area contributed by atoms with E-state index in [0.29, 0.717) is 11.5 Å². The van der Waals surface area contributed by atoms with Crippen LogP contribution in [0.4, 0.5) is 9.18 Å². The van der Waals surface area contributed by atoms with Crippen molar-refractivity contribution < 1.29 is 13.9 Å². The number of hydrogen-bond acceptors (Lipinski definition) is 3. The highest BCUT2D eigenvalue weighted by atomic mass is 19.1. The number of alkyl carbamates (subject to hydrolysis) is 1. The van der Waals surface area contributed by atoms with Gasteiger partial charge in [-0.15, -0.1) is 0 Å². The summed E-state index contributed by atoms with van der Waals surface area (Å²) in [4.78, 5) is 15.3. The maximum absolute atomic E-state index is 15.4. The van der Waals surface area contributed by atoms with E-state index in [4.69, 9.17) is 4.74 Å². The van der Waals surface area contributed by atoms with E-state index in [9.17, 15) is 4.79 Å². The van der Waals surface area contributed by atoms with Gasteiger partial charge in [-0.2, -0.15) is 0 Å². The van der Waals surface area contributed by atoms with Gasteiger partial charge in [-0.25, -0.2) is 9.18 Å². The van der Waals surface area contributed by atoms with Crippen molar-refractivity contribution in [3.05, 3.63) is 58.9 Å². The average molecular weight is 465 g/mol. The molecule has 2 aromatic carbocycles. The van der Waals surface area contributed by atoms with Crippen molar-refractivity contribution >= 4 is 6.09 Å². The zero-order chi connectivity index (χ0) is 23.9. The van der Waals surface area contributed by atoms with E-state index in [-0.39, 0.29) is 29.5 Å². The SMILES string of the molecule is CCCc1ccc(-c2cc3c(cc2F)[C@H](NC(=O)O[C@@H]2CN4CCC2CC4)C(C)(C)CC3)cc1. The number of piperidine rings is 3. The molecule has 0 aromatic heterocycles. The number of halogens is 1. The third kappa shape index (κ3) is 4.59. The normalized spacial score (nSPS) is 27.2. The van der Waals surface area contributed by atoms with Gasteiger partial charge < -0.3 is 10.1 Å². The zero-order valence-corrected chi connectivity index (χ0v) is 20.7. The highest BCUT2D eigenvalue weighted by Gasteiger charge is 2.40. The molecule has 0 unspecified atom stereocenters. The van der Waals surface area contributed by atoms with E-state index in [1.807, 2.05) is 18.2 Å². The number of carbonyl (C=O) groups is 1. The highest BCUT2D eigenvalue weighted by Crippen LogP contribution is 2.45. The fourth-order valence-electron chi connectivity index (χ4n) is 6.11. The van der Waals surface area contributed by atoms with E-state index < -0.39 is 0 Å². The monoisotopic (exact) mass is 464 g/mol. The number of aryl methyl sites for hydroxylation is 2. The molecule has 0 radical (unpaired) electrons. The van der Waals surface area contributed by atoms with E-state index in [0.717, 1.165) is 74.8 Å². The molecule has 3 heterocycles. The number of nitrogens with one attached hydrogen (secondary N) is 1. The molecule has 0 spiro atoms. The van der Waals surface area contributed by atoms with Gasteiger partial charge in [0.05, 0.1) is 6.04 Å². The molecule has 2 aromatic rings. The number of fused-ring (bicyclic) bond motifs is 4. The fraction of sp³-hybridized carbons (Fsp3) is 0.552. The third-order valence-electron chi connectivity index (χ3n) is 8.28. The molecule has 5 heteroatoms. The van der Waals surface area contributed by atoms with Crippen LogP contribution in [0.25, 0.3) is 11.1 Å². The number of benzene rings is 2. The molecule has 1 aliphatic carbocycles. The van der Waals surface area contributed by atoms with E-state index >= 15 is 4.39 Å². The first-order chi connectivity index (χ1) is 16.3. The lowest BCUT2D eigenvalue weighted by Gasteiger charge is -2.44. The Morgan fingerprint density at radius 1 is 1.18 bits per heavy atom. The fourth-order valence-corrected chi connectivity index (χ4v) is 6.11. The Hall–Kier alpha value is -2.40. The maximum atomic E-state index is 15.4. The van der Waals surface area contributed by atoms with Crippen LogP contribution < -0.4 is 5.32 Å².